The van der Waals surface area contributed by atoms with Crippen LogP contribution in [0.4, 0.5) is 10.2 Å². The molecule has 4 aromatic rings. The van der Waals surface area contributed by atoms with E-state index in [1.165, 1.54) is 34.8 Å². The second kappa shape index (κ2) is 11.1. The second-order valence-corrected chi connectivity index (χ2v) is 8.06. The molecule has 0 saturated heterocycles. The number of allylic oxidation sites excluding steroid dienone is 1. The molecule has 11 heteroatoms. The van der Waals surface area contributed by atoms with Gasteiger partial charge in [-0.25, -0.2) is 9.07 Å². The van der Waals surface area contributed by atoms with E-state index in [4.69, 9.17) is 4.74 Å². The van der Waals surface area contributed by atoms with Crippen molar-refractivity contribution in [3.63, 3.8) is 0 Å². The lowest BCUT2D eigenvalue weighted by Crippen LogP contribution is -2.18. The molecule has 0 radical (unpaired) electrons. The molecule has 0 atom stereocenters. The maximum Gasteiger partial charge on any atom is 0.236 e. The van der Waals surface area contributed by atoms with E-state index in [9.17, 15) is 14.4 Å². The summed E-state index contributed by atoms with van der Waals surface area (Å²) in [6.07, 6.45) is 3.07. The first-order chi connectivity index (χ1) is 17.1. The predicted molar refractivity (Wildman–Crippen MR) is 129 cm³/mol. The highest BCUT2D eigenvalue weighted by atomic mass is 32.2. The van der Waals surface area contributed by atoms with E-state index in [-0.39, 0.29) is 35.4 Å². The van der Waals surface area contributed by atoms with Gasteiger partial charge in [-0.05, 0) is 24.3 Å². The Morgan fingerprint density at radius 1 is 1.20 bits per heavy atom. The zero-order valence-electron chi connectivity index (χ0n) is 18.5. The van der Waals surface area contributed by atoms with Crippen molar-refractivity contribution < 1.29 is 13.9 Å². The quantitative estimate of drug-likeness (QED) is 0.265. The highest BCUT2D eigenvalue weighted by Gasteiger charge is 2.18. The number of anilines is 1. The van der Waals surface area contributed by atoms with Gasteiger partial charge in [0.05, 0.1) is 17.6 Å². The van der Waals surface area contributed by atoms with Gasteiger partial charge in [-0.3, -0.25) is 9.36 Å². The number of aromatic nitrogens is 5. The van der Waals surface area contributed by atoms with Crippen molar-refractivity contribution in [3.05, 3.63) is 90.7 Å². The molecule has 1 amide bonds. The van der Waals surface area contributed by atoms with Crippen LogP contribution in [0.25, 0.3) is 5.69 Å². The molecule has 0 aliphatic rings. The first-order valence-electron chi connectivity index (χ1n) is 10.5. The summed E-state index contributed by atoms with van der Waals surface area (Å²) < 4.78 is 22.6. The molecule has 176 valence electrons. The van der Waals surface area contributed by atoms with E-state index in [0.29, 0.717) is 23.2 Å². The Morgan fingerprint density at radius 3 is 2.71 bits per heavy atom. The van der Waals surface area contributed by atoms with Crippen LogP contribution in [-0.4, -0.2) is 36.2 Å². The van der Waals surface area contributed by atoms with Gasteiger partial charge in [0, 0.05) is 6.54 Å². The van der Waals surface area contributed by atoms with E-state index in [2.05, 4.69) is 27.2 Å². The summed E-state index contributed by atoms with van der Waals surface area (Å²) in [5.74, 6) is 0.0498. The predicted octanol–water partition coefficient (Wildman–Crippen LogP) is 3.97. The van der Waals surface area contributed by atoms with Crippen molar-refractivity contribution in [2.45, 2.75) is 18.3 Å². The molecule has 2 heterocycles. The number of halogens is 1. The van der Waals surface area contributed by atoms with Gasteiger partial charge < -0.3 is 10.1 Å². The summed E-state index contributed by atoms with van der Waals surface area (Å²) >= 11 is 1.17. The highest BCUT2D eigenvalue weighted by molar-refractivity contribution is 7.99. The number of carbonyl (C=O) groups excluding carboxylic acids is 1. The lowest BCUT2D eigenvalue weighted by molar-refractivity contribution is -0.113. The zero-order chi connectivity index (χ0) is 24.6. The van der Waals surface area contributed by atoms with Crippen molar-refractivity contribution in [1.29, 1.82) is 5.26 Å². The van der Waals surface area contributed by atoms with Crippen molar-refractivity contribution in [2.24, 2.45) is 0 Å². The van der Waals surface area contributed by atoms with E-state index >= 15 is 0 Å². The monoisotopic (exact) mass is 489 g/mol. The maximum atomic E-state index is 13.8. The summed E-state index contributed by atoms with van der Waals surface area (Å²) in [5, 5.41) is 25.1. The minimum Gasteiger partial charge on any atom is -0.483 e. The third-order valence-corrected chi connectivity index (χ3v) is 5.75. The van der Waals surface area contributed by atoms with Gasteiger partial charge >= 0.3 is 0 Å². The van der Waals surface area contributed by atoms with Crippen molar-refractivity contribution >= 4 is 23.5 Å². The summed E-state index contributed by atoms with van der Waals surface area (Å²) in [6, 6.07) is 17.3. The van der Waals surface area contributed by atoms with Crippen molar-refractivity contribution in [1.82, 2.24) is 24.5 Å². The lowest BCUT2D eigenvalue weighted by atomic mass is 10.3. The molecule has 0 saturated carbocycles. The van der Waals surface area contributed by atoms with Crippen LogP contribution in [0.3, 0.4) is 0 Å². The molecule has 9 nitrogen and oxygen atoms in total. The minimum atomic E-state index is -0.472. The molecule has 0 fully saturated rings. The number of rotatable bonds is 10. The van der Waals surface area contributed by atoms with Crippen molar-refractivity contribution in [2.75, 3.05) is 11.1 Å². The third kappa shape index (κ3) is 5.56. The standard InChI is InChI=1S/C24H20FN7O2S/c1-2-12-31-21(15-34-20-11-7-6-10-19(20)25)29-30-24(31)35-16-22(33)28-23-17(13-26)14-27-32(23)18-8-4-3-5-9-18/h2-11,14H,1,12,15-16H2,(H,28,33). The topological polar surface area (TPSA) is 111 Å². The molecule has 0 aliphatic heterocycles. The Kier molecular flexibility index (Phi) is 7.54. The normalized spacial score (nSPS) is 10.5. The van der Waals surface area contributed by atoms with Crippen LogP contribution in [0.2, 0.25) is 0 Å². The van der Waals surface area contributed by atoms with Crippen molar-refractivity contribution in [3.8, 4) is 17.5 Å². The number of hydrogen-bond donors (Lipinski definition) is 1. The van der Waals surface area contributed by atoms with E-state index in [1.54, 1.807) is 22.8 Å². The maximum absolute atomic E-state index is 13.8. The van der Waals surface area contributed by atoms with Crippen LogP contribution in [0.15, 0.2) is 78.6 Å². The number of nitrogens with one attached hydrogen (secondary N) is 1. The van der Waals surface area contributed by atoms with Crippen LogP contribution in [0.1, 0.15) is 11.4 Å². The molecule has 1 N–H and O–H groups in total. The van der Waals surface area contributed by atoms with Crippen LogP contribution in [0, 0.1) is 17.1 Å². The molecular weight excluding hydrogens is 469 g/mol. The summed E-state index contributed by atoms with van der Waals surface area (Å²) in [4.78, 5) is 12.7. The van der Waals surface area contributed by atoms with Crippen LogP contribution < -0.4 is 10.1 Å². The summed E-state index contributed by atoms with van der Waals surface area (Å²) in [7, 11) is 0. The Bertz CT molecular complexity index is 1380. The Hall–Kier alpha value is -4.43. The molecular formula is C24H20FN7O2S. The van der Waals surface area contributed by atoms with E-state index in [0.717, 1.165) is 0 Å². The average molecular weight is 490 g/mol. The van der Waals surface area contributed by atoms with Gasteiger partial charge in [0.1, 0.15) is 18.2 Å². The summed E-state index contributed by atoms with van der Waals surface area (Å²) in [6.45, 7) is 4.12. The number of amides is 1. The first kappa shape index (κ1) is 23.7. The number of nitriles is 1. The molecule has 0 bridgehead atoms. The number of benzene rings is 2. The second-order valence-electron chi connectivity index (χ2n) is 7.12. The molecule has 0 spiro atoms. The molecule has 0 unspecified atom stereocenters. The number of nitrogens with zero attached hydrogens (tertiary/aromatic N) is 6. The van der Waals surface area contributed by atoms with Gasteiger partial charge in [-0.2, -0.15) is 10.4 Å². The lowest BCUT2D eigenvalue weighted by Gasteiger charge is -2.11. The highest BCUT2D eigenvalue weighted by Crippen LogP contribution is 2.23. The number of carbonyl (C=O) groups is 1. The number of hydrogen-bond acceptors (Lipinski definition) is 7. The van der Waals surface area contributed by atoms with Gasteiger partial charge in [0.15, 0.2) is 28.4 Å². The SMILES string of the molecule is C=CCn1c(COc2ccccc2F)nnc1SCC(=O)Nc1c(C#N)cnn1-c1ccccc1. The molecule has 0 aliphatic carbocycles. The number of para-hydroxylation sites is 2. The van der Waals surface area contributed by atoms with Crippen LogP contribution in [-0.2, 0) is 17.9 Å². The van der Waals surface area contributed by atoms with Gasteiger partial charge in [0.2, 0.25) is 5.91 Å². The largest absolute Gasteiger partial charge is 0.483 e. The smallest absolute Gasteiger partial charge is 0.236 e. The number of ether oxygens (including phenoxy) is 1. The van der Waals surface area contributed by atoms with E-state index in [1.807, 2.05) is 36.4 Å². The van der Waals surface area contributed by atoms with Gasteiger partial charge in [0.25, 0.3) is 0 Å². The Balaban J connectivity index is 1.44. The fourth-order valence-electron chi connectivity index (χ4n) is 3.16. The molecule has 2 aromatic heterocycles. The molecule has 35 heavy (non-hydrogen) atoms. The van der Waals surface area contributed by atoms with E-state index < -0.39 is 5.82 Å². The molecule has 4 rings (SSSR count). The van der Waals surface area contributed by atoms with Gasteiger partial charge in [-0.15, -0.1) is 16.8 Å². The average Bonchev–Trinajstić information content (AvgIpc) is 3.46. The summed E-state index contributed by atoms with van der Waals surface area (Å²) in [5.41, 5.74) is 0.955. The Morgan fingerprint density at radius 2 is 1.97 bits per heavy atom. The fraction of sp³-hybridized carbons (Fsp3) is 0.125. The number of thioether (sulfide) groups is 1. The third-order valence-electron chi connectivity index (χ3n) is 4.78. The van der Waals surface area contributed by atoms with Crippen LogP contribution in [0.5, 0.6) is 5.75 Å². The van der Waals surface area contributed by atoms with Gasteiger partial charge in [-0.1, -0.05) is 48.2 Å². The molecule has 2 aromatic carbocycles. The Labute approximate surface area is 204 Å². The zero-order valence-corrected chi connectivity index (χ0v) is 19.3. The minimum absolute atomic E-state index is 0.00365. The first-order valence-corrected chi connectivity index (χ1v) is 11.5. The van der Waals surface area contributed by atoms with Crippen LogP contribution >= 0.6 is 11.8 Å². The fourth-order valence-corrected chi connectivity index (χ4v) is 3.93.